The number of nitrogens with zero attached hydrogens (tertiary/aromatic N) is 4. The standard InChI is InChI=1S/C24H32N6O/c1-24(2,3)27-20-7-6-10-25-23(20)29-11-12-30(19(15-29)16-31)22-13-17-8-9-18(28(4)5)14-21(17)26-22/h6-10,13-14,16,19,26-27H,11-12,15H2,1-5H3. The van der Waals surface area contributed by atoms with Crippen LogP contribution in [-0.4, -0.2) is 61.6 Å². The SMILES string of the molecule is CN(C)c1ccc2cc(N3CCN(c4ncccc4NC(C)(C)C)CC3C=O)[nH]c2c1. The molecule has 1 unspecified atom stereocenters. The molecule has 1 saturated heterocycles. The number of carbonyl (C=O) groups excluding carboxylic acids is 1. The van der Waals surface area contributed by atoms with Crippen LogP contribution in [0, 0.1) is 0 Å². The van der Waals surface area contributed by atoms with Gasteiger partial charge in [0.1, 0.15) is 18.1 Å². The van der Waals surface area contributed by atoms with Gasteiger partial charge in [-0.3, -0.25) is 0 Å². The Kier molecular flexibility index (Phi) is 5.52. The lowest BCUT2D eigenvalue weighted by Crippen LogP contribution is -2.54. The average molecular weight is 421 g/mol. The van der Waals surface area contributed by atoms with E-state index in [1.807, 2.05) is 26.4 Å². The molecule has 0 aliphatic carbocycles. The van der Waals surface area contributed by atoms with Gasteiger partial charge in [0, 0.05) is 62.1 Å². The van der Waals surface area contributed by atoms with Gasteiger partial charge in [-0.05, 0) is 51.1 Å². The van der Waals surface area contributed by atoms with Crippen molar-refractivity contribution in [3.8, 4) is 0 Å². The third-order valence-corrected chi connectivity index (χ3v) is 5.59. The lowest BCUT2D eigenvalue weighted by molar-refractivity contribution is -0.109. The van der Waals surface area contributed by atoms with Crippen LogP contribution in [-0.2, 0) is 4.79 Å². The highest BCUT2D eigenvalue weighted by molar-refractivity contribution is 5.88. The van der Waals surface area contributed by atoms with E-state index in [-0.39, 0.29) is 11.6 Å². The largest absolute Gasteiger partial charge is 0.378 e. The third-order valence-electron chi connectivity index (χ3n) is 5.59. The number of pyridine rings is 1. The molecule has 0 radical (unpaired) electrons. The molecule has 0 bridgehead atoms. The number of fused-ring (bicyclic) bond motifs is 1. The van der Waals surface area contributed by atoms with Crippen LogP contribution in [0.2, 0.25) is 0 Å². The lowest BCUT2D eigenvalue weighted by Gasteiger charge is -2.41. The number of hydrogen-bond acceptors (Lipinski definition) is 6. The first-order valence-electron chi connectivity index (χ1n) is 10.8. The molecule has 1 aliphatic heterocycles. The Morgan fingerprint density at radius 1 is 1.19 bits per heavy atom. The molecule has 1 aliphatic rings. The summed E-state index contributed by atoms with van der Waals surface area (Å²) in [5.74, 6) is 1.88. The van der Waals surface area contributed by atoms with Crippen molar-refractivity contribution in [1.82, 2.24) is 9.97 Å². The Bertz CT molecular complexity index is 1070. The highest BCUT2D eigenvalue weighted by atomic mass is 16.1. The predicted molar refractivity (Wildman–Crippen MR) is 130 cm³/mol. The molecule has 0 spiro atoms. The third kappa shape index (κ3) is 4.45. The number of rotatable bonds is 5. The molecule has 3 heterocycles. The van der Waals surface area contributed by atoms with Crippen LogP contribution >= 0.6 is 0 Å². The van der Waals surface area contributed by atoms with Gasteiger partial charge < -0.3 is 29.8 Å². The summed E-state index contributed by atoms with van der Waals surface area (Å²) < 4.78 is 0. The molecule has 2 aromatic heterocycles. The molecule has 1 aromatic carbocycles. The summed E-state index contributed by atoms with van der Waals surface area (Å²) in [5, 5.41) is 4.69. The van der Waals surface area contributed by atoms with Crippen LogP contribution in [0.3, 0.4) is 0 Å². The first-order valence-corrected chi connectivity index (χ1v) is 10.8. The van der Waals surface area contributed by atoms with E-state index in [1.54, 1.807) is 0 Å². The first kappa shape index (κ1) is 21.0. The zero-order valence-electron chi connectivity index (χ0n) is 19.0. The molecule has 7 nitrogen and oxygen atoms in total. The van der Waals surface area contributed by atoms with Crippen LogP contribution in [0.5, 0.6) is 0 Å². The molecular formula is C24H32N6O. The van der Waals surface area contributed by atoms with Crippen LogP contribution < -0.4 is 20.0 Å². The number of H-pyrrole nitrogens is 1. The number of carbonyl (C=O) groups is 1. The maximum absolute atomic E-state index is 12.1. The highest BCUT2D eigenvalue weighted by Gasteiger charge is 2.30. The number of piperazine rings is 1. The fraction of sp³-hybridized carbons (Fsp3) is 0.417. The number of aromatic nitrogens is 2. The van der Waals surface area contributed by atoms with E-state index >= 15 is 0 Å². The Hall–Kier alpha value is -3.22. The van der Waals surface area contributed by atoms with Gasteiger partial charge in [-0.1, -0.05) is 6.07 Å². The maximum Gasteiger partial charge on any atom is 0.152 e. The average Bonchev–Trinajstić information content (AvgIpc) is 3.15. The second kappa shape index (κ2) is 8.13. The number of anilines is 4. The van der Waals surface area contributed by atoms with Crippen molar-refractivity contribution in [3.05, 3.63) is 42.6 Å². The Balaban J connectivity index is 1.58. The predicted octanol–water partition coefficient (Wildman–Crippen LogP) is 3.73. The number of aldehydes is 1. The molecular weight excluding hydrogens is 388 g/mol. The maximum atomic E-state index is 12.1. The highest BCUT2D eigenvalue weighted by Crippen LogP contribution is 2.31. The smallest absolute Gasteiger partial charge is 0.152 e. The van der Waals surface area contributed by atoms with E-state index in [2.05, 4.69) is 81.1 Å². The summed E-state index contributed by atoms with van der Waals surface area (Å²) in [7, 11) is 4.07. The molecule has 0 saturated carbocycles. The van der Waals surface area contributed by atoms with Crippen molar-refractivity contribution < 1.29 is 4.79 Å². The van der Waals surface area contributed by atoms with Crippen LogP contribution in [0.4, 0.5) is 23.0 Å². The summed E-state index contributed by atoms with van der Waals surface area (Å²) in [6.45, 7) is 8.52. The normalized spacial score (nSPS) is 17.1. The second-order valence-electron chi connectivity index (χ2n) is 9.41. The van der Waals surface area contributed by atoms with Crippen LogP contribution in [0.1, 0.15) is 20.8 Å². The molecule has 31 heavy (non-hydrogen) atoms. The molecule has 1 atom stereocenters. The van der Waals surface area contributed by atoms with Gasteiger partial charge in [0.15, 0.2) is 5.82 Å². The molecule has 7 heteroatoms. The minimum absolute atomic E-state index is 0.0700. The number of aromatic amines is 1. The first-order chi connectivity index (χ1) is 14.7. The van der Waals surface area contributed by atoms with Crippen molar-refractivity contribution in [2.45, 2.75) is 32.4 Å². The molecule has 0 amide bonds. The zero-order valence-corrected chi connectivity index (χ0v) is 19.0. The molecule has 164 valence electrons. The van der Waals surface area contributed by atoms with Crippen molar-refractivity contribution >= 4 is 40.2 Å². The minimum atomic E-state index is -0.250. The van der Waals surface area contributed by atoms with E-state index < -0.39 is 0 Å². The zero-order chi connectivity index (χ0) is 22.2. The van der Waals surface area contributed by atoms with Crippen molar-refractivity contribution in [2.75, 3.05) is 53.7 Å². The molecule has 3 aromatic rings. The second-order valence-corrected chi connectivity index (χ2v) is 9.41. The van der Waals surface area contributed by atoms with Crippen molar-refractivity contribution in [2.24, 2.45) is 0 Å². The molecule has 4 rings (SSSR count). The van der Waals surface area contributed by atoms with Gasteiger partial charge in [0.25, 0.3) is 0 Å². The van der Waals surface area contributed by atoms with E-state index in [1.165, 1.54) is 0 Å². The van der Waals surface area contributed by atoms with Crippen molar-refractivity contribution in [1.29, 1.82) is 0 Å². The van der Waals surface area contributed by atoms with Gasteiger partial charge in [0.05, 0.1) is 5.69 Å². The summed E-state index contributed by atoms with van der Waals surface area (Å²) in [4.78, 5) is 26.7. The number of nitrogens with one attached hydrogen (secondary N) is 2. The fourth-order valence-electron chi connectivity index (χ4n) is 4.10. The fourth-order valence-corrected chi connectivity index (χ4v) is 4.10. The van der Waals surface area contributed by atoms with Gasteiger partial charge in [-0.25, -0.2) is 4.98 Å². The lowest BCUT2D eigenvalue weighted by atomic mass is 10.1. The number of benzene rings is 1. The topological polar surface area (TPSA) is 67.5 Å². The summed E-state index contributed by atoms with van der Waals surface area (Å²) in [6, 6.07) is 12.2. The quantitative estimate of drug-likeness (QED) is 0.613. The minimum Gasteiger partial charge on any atom is -0.378 e. The van der Waals surface area contributed by atoms with E-state index in [0.717, 1.165) is 53.3 Å². The van der Waals surface area contributed by atoms with Crippen LogP contribution in [0.25, 0.3) is 10.9 Å². The Labute approximate surface area is 184 Å². The van der Waals surface area contributed by atoms with E-state index in [9.17, 15) is 4.79 Å². The van der Waals surface area contributed by atoms with Gasteiger partial charge in [-0.2, -0.15) is 0 Å². The van der Waals surface area contributed by atoms with E-state index in [0.29, 0.717) is 6.54 Å². The molecule has 2 N–H and O–H groups in total. The Morgan fingerprint density at radius 2 is 2.00 bits per heavy atom. The summed E-state index contributed by atoms with van der Waals surface area (Å²) >= 11 is 0. The van der Waals surface area contributed by atoms with Gasteiger partial charge in [0.2, 0.25) is 0 Å². The number of hydrogen-bond donors (Lipinski definition) is 2. The van der Waals surface area contributed by atoms with Gasteiger partial charge >= 0.3 is 0 Å². The Morgan fingerprint density at radius 3 is 2.71 bits per heavy atom. The van der Waals surface area contributed by atoms with Crippen molar-refractivity contribution in [3.63, 3.8) is 0 Å². The molecule has 1 fully saturated rings. The monoisotopic (exact) mass is 420 g/mol. The summed E-state index contributed by atoms with van der Waals surface area (Å²) in [5.41, 5.74) is 3.15. The van der Waals surface area contributed by atoms with E-state index in [4.69, 9.17) is 0 Å². The summed E-state index contributed by atoms with van der Waals surface area (Å²) in [6.07, 6.45) is 2.86. The van der Waals surface area contributed by atoms with Gasteiger partial charge in [-0.15, -0.1) is 0 Å². The van der Waals surface area contributed by atoms with Crippen LogP contribution in [0.15, 0.2) is 42.6 Å².